The molecule has 0 saturated carbocycles. The molecule has 2 atom stereocenters. The first-order valence-corrected chi connectivity index (χ1v) is 15.6. The van der Waals surface area contributed by atoms with Gasteiger partial charge >= 0.3 is 0 Å². The lowest BCUT2D eigenvalue weighted by Gasteiger charge is -2.28. The number of aryl methyl sites for hydroxylation is 2. The van der Waals surface area contributed by atoms with Crippen LogP contribution in [0.3, 0.4) is 0 Å². The molecule has 2 heterocycles. The number of carbonyl (C=O) groups is 2. The number of hydrogen-bond acceptors (Lipinski definition) is 7. The van der Waals surface area contributed by atoms with Gasteiger partial charge in [0, 0.05) is 90.1 Å². The average molecular weight is 633 g/mol. The Morgan fingerprint density at radius 1 is 0.638 bits per heavy atom. The quantitative estimate of drug-likeness (QED) is 0.121. The molecule has 0 radical (unpaired) electrons. The molecule has 0 aliphatic heterocycles. The Balaban J connectivity index is 1.49. The summed E-state index contributed by atoms with van der Waals surface area (Å²) in [5, 5.41) is 52.9. The second-order valence-corrected chi connectivity index (χ2v) is 11.7. The molecule has 4 aromatic rings. The Hall–Kier alpha value is -5.06. The summed E-state index contributed by atoms with van der Waals surface area (Å²) in [6.45, 7) is 1.03. The van der Waals surface area contributed by atoms with Crippen LogP contribution in [0.1, 0.15) is 24.0 Å². The standard InChI is InChI=1S/C38H36N2O7/c41-15-7-13-39-20-29(24-9-3-1-4-10-24)31(22-39)26-17-28(36(45)33(43)18-26)35-37(46)27(19-34(44)38(35)47)32-23-40(14-8-16-42)21-30(32)25-11-5-2-6-12-25/h1-6,9-12,17-23,34,38,41-42,44,46-47H,7-8,13-16H2. The van der Waals surface area contributed by atoms with Crippen molar-refractivity contribution in [1.29, 1.82) is 0 Å². The van der Waals surface area contributed by atoms with E-state index in [2.05, 4.69) is 0 Å². The average Bonchev–Trinajstić information content (AvgIpc) is 3.72. The third kappa shape index (κ3) is 6.34. The number of allylic oxidation sites excluding steroid dienone is 4. The van der Waals surface area contributed by atoms with Crippen LogP contribution in [0.15, 0.2) is 121 Å². The summed E-state index contributed by atoms with van der Waals surface area (Å²) in [5.74, 6) is -2.15. The van der Waals surface area contributed by atoms with Crippen LogP contribution in [0.2, 0.25) is 0 Å². The van der Waals surface area contributed by atoms with Gasteiger partial charge in [-0.15, -0.1) is 0 Å². The van der Waals surface area contributed by atoms with Gasteiger partial charge in [-0.1, -0.05) is 60.7 Å². The first-order chi connectivity index (χ1) is 22.8. The predicted octanol–water partition coefficient (Wildman–Crippen LogP) is 4.48. The van der Waals surface area contributed by atoms with Crippen LogP contribution in [-0.4, -0.2) is 71.7 Å². The molecule has 9 heteroatoms. The van der Waals surface area contributed by atoms with Crippen molar-refractivity contribution in [1.82, 2.24) is 9.13 Å². The highest BCUT2D eigenvalue weighted by Crippen LogP contribution is 2.42. The van der Waals surface area contributed by atoms with Crippen molar-refractivity contribution in [2.45, 2.75) is 38.1 Å². The van der Waals surface area contributed by atoms with Crippen LogP contribution < -0.4 is 0 Å². The number of ketones is 2. The molecule has 2 aliphatic rings. The number of aliphatic hydroxyl groups excluding tert-OH is 5. The molecule has 0 amide bonds. The molecule has 240 valence electrons. The fourth-order valence-electron chi connectivity index (χ4n) is 6.18. The molecular weight excluding hydrogens is 596 g/mol. The summed E-state index contributed by atoms with van der Waals surface area (Å²) in [6, 6.07) is 19.0. The maximum Gasteiger partial charge on any atom is 0.233 e. The van der Waals surface area contributed by atoms with Gasteiger partial charge in [0.1, 0.15) is 18.0 Å². The third-order valence-corrected chi connectivity index (χ3v) is 8.49. The molecule has 0 fully saturated rings. The lowest BCUT2D eigenvalue weighted by molar-refractivity contribution is -0.131. The highest BCUT2D eigenvalue weighted by molar-refractivity contribution is 6.51. The second kappa shape index (κ2) is 13.7. The van der Waals surface area contributed by atoms with Crippen LogP contribution in [0.5, 0.6) is 0 Å². The maximum absolute atomic E-state index is 13.5. The zero-order chi connectivity index (χ0) is 33.1. The van der Waals surface area contributed by atoms with E-state index in [0.29, 0.717) is 42.6 Å². The number of carbonyl (C=O) groups excluding carboxylic acids is 2. The van der Waals surface area contributed by atoms with E-state index in [1.54, 1.807) is 6.20 Å². The molecule has 47 heavy (non-hydrogen) atoms. The molecule has 6 rings (SSSR count). The van der Waals surface area contributed by atoms with Gasteiger partial charge in [0.15, 0.2) is 0 Å². The number of aromatic nitrogens is 2. The lowest BCUT2D eigenvalue weighted by atomic mass is 9.80. The predicted molar refractivity (Wildman–Crippen MR) is 179 cm³/mol. The summed E-state index contributed by atoms with van der Waals surface area (Å²) in [5.41, 5.74) is 4.64. The monoisotopic (exact) mass is 632 g/mol. The van der Waals surface area contributed by atoms with Gasteiger partial charge in [-0.25, -0.2) is 0 Å². The van der Waals surface area contributed by atoms with E-state index in [-0.39, 0.29) is 29.9 Å². The van der Waals surface area contributed by atoms with E-state index in [9.17, 15) is 35.1 Å². The topological polar surface area (TPSA) is 145 Å². The van der Waals surface area contributed by atoms with Crippen LogP contribution >= 0.6 is 0 Å². The fraction of sp³-hybridized carbons (Fsp3) is 0.211. The number of aliphatic hydroxyl groups is 5. The Bertz CT molecular complexity index is 1930. The minimum Gasteiger partial charge on any atom is -0.507 e. The first-order valence-electron chi connectivity index (χ1n) is 15.6. The van der Waals surface area contributed by atoms with E-state index >= 15 is 0 Å². The molecule has 0 saturated heterocycles. The van der Waals surface area contributed by atoms with Crippen molar-refractivity contribution in [3.63, 3.8) is 0 Å². The highest BCUT2D eigenvalue weighted by atomic mass is 16.3. The Morgan fingerprint density at radius 2 is 1.15 bits per heavy atom. The number of benzene rings is 2. The molecule has 2 aromatic heterocycles. The summed E-state index contributed by atoms with van der Waals surface area (Å²) in [4.78, 5) is 26.7. The first kappa shape index (κ1) is 31.9. The number of Topliss-reactive ketones (excluding diaryl/α,β-unsaturated/α-hetero) is 1. The van der Waals surface area contributed by atoms with Gasteiger partial charge in [-0.3, -0.25) is 9.59 Å². The van der Waals surface area contributed by atoms with Gasteiger partial charge in [-0.2, -0.15) is 0 Å². The molecule has 0 bridgehead atoms. The van der Waals surface area contributed by atoms with Crippen molar-refractivity contribution >= 4 is 22.7 Å². The third-order valence-electron chi connectivity index (χ3n) is 8.49. The molecule has 5 N–H and O–H groups in total. The SMILES string of the molecule is O=C1C=C(c2cn(CCCO)cc2-c2ccccc2)C=C(C2=C(O)C(c3cn(CCCO)cc3-c3ccccc3)=CC(O)C2O)C1=O. The number of hydrogen-bond donors (Lipinski definition) is 5. The minimum absolute atomic E-state index is 0.00591. The number of nitrogens with zero attached hydrogens (tertiary/aromatic N) is 2. The zero-order valence-corrected chi connectivity index (χ0v) is 25.7. The van der Waals surface area contributed by atoms with Crippen molar-refractivity contribution in [3.05, 3.63) is 132 Å². The molecule has 9 nitrogen and oxygen atoms in total. The largest absolute Gasteiger partial charge is 0.507 e. The summed E-state index contributed by atoms with van der Waals surface area (Å²) >= 11 is 0. The fourth-order valence-corrected chi connectivity index (χ4v) is 6.18. The minimum atomic E-state index is -1.68. The van der Waals surface area contributed by atoms with Crippen LogP contribution in [-0.2, 0) is 22.7 Å². The second-order valence-electron chi connectivity index (χ2n) is 11.7. The highest BCUT2D eigenvalue weighted by Gasteiger charge is 2.38. The summed E-state index contributed by atoms with van der Waals surface area (Å²) in [7, 11) is 0. The molecule has 2 aromatic carbocycles. The molecule has 2 aliphatic carbocycles. The summed E-state index contributed by atoms with van der Waals surface area (Å²) in [6.07, 6.45) is 9.36. The van der Waals surface area contributed by atoms with Crippen molar-refractivity contribution in [3.8, 4) is 22.3 Å². The van der Waals surface area contributed by atoms with E-state index < -0.39 is 29.5 Å². The van der Waals surface area contributed by atoms with Gasteiger partial charge in [0.2, 0.25) is 11.6 Å². The van der Waals surface area contributed by atoms with E-state index in [4.69, 9.17) is 0 Å². The van der Waals surface area contributed by atoms with Crippen molar-refractivity contribution in [2.75, 3.05) is 13.2 Å². The Morgan fingerprint density at radius 3 is 1.70 bits per heavy atom. The molecule has 2 unspecified atom stereocenters. The molecule has 0 spiro atoms. The normalized spacial score (nSPS) is 18.3. The van der Waals surface area contributed by atoms with Crippen molar-refractivity contribution < 1.29 is 35.1 Å². The maximum atomic E-state index is 13.5. The van der Waals surface area contributed by atoms with Crippen LogP contribution in [0.4, 0.5) is 0 Å². The smallest absolute Gasteiger partial charge is 0.233 e. The van der Waals surface area contributed by atoms with Gasteiger partial charge in [0.25, 0.3) is 0 Å². The Kier molecular flexibility index (Phi) is 9.33. The van der Waals surface area contributed by atoms with E-state index in [1.165, 1.54) is 18.2 Å². The van der Waals surface area contributed by atoms with Gasteiger partial charge < -0.3 is 34.7 Å². The van der Waals surface area contributed by atoms with Gasteiger partial charge in [-0.05, 0) is 47.8 Å². The number of rotatable bonds is 11. The van der Waals surface area contributed by atoms with Crippen LogP contribution in [0, 0.1) is 0 Å². The van der Waals surface area contributed by atoms with Crippen LogP contribution in [0.25, 0.3) is 33.4 Å². The van der Waals surface area contributed by atoms with Crippen molar-refractivity contribution in [2.24, 2.45) is 0 Å². The lowest BCUT2D eigenvalue weighted by Crippen LogP contribution is -2.34. The van der Waals surface area contributed by atoms with E-state index in [0.717, 1.165) is 22.3 Å². The summed E-state index contributed by atoms with van der Waals surface area (Å²) < 4.78 is 3.79. The van der Waals surface area contributed by atoms with Gasteiger partial charge in [0.05, 0.1) is 0 Å². The molecular formula is C38H36N2O7. The zero-order valence-electron chi connectivity index (χ0n) is 25.7. The van der Waals surface area contributed by atoms with E-state index in [1.807, 2.05) is 88.4 Å². The Labute approximate surface area is 272 Å².